The molecule has 3 heteroatoms. The molecule has 0 amide bonds. The molecular formula is C11H24N2O. The molecule has 1 atom stereocenters. The predicted octanol–water partition coefficient (Wildman–Crippen LogP) is 1.10. The highest BCUT2D eigenvalue weighted by molar-refractivity contribution is 4.91. The number of rotatable bonds is 6. The lowest BCUT2D eigenvalue weighted by Crippen LogP contribution is -2.48. The zero-order valence-corrected chi connectivity index (χ0v) is 9.81. The monoisotopic (exact) mass is 200 g/mol. The van der Waals surface area contributed by atoms with E-state index in [2.05, 4.69) is 24.1 Å². The van der Waals surface area contributed by atoms with Crippen molar-refractivity contribution < 1.29 is 4.74 Å². The highest BCUT2D eigenvalue weighted by atomic mass is 16.5. The molecule has 1 N–H and O–H groups in total. The Bertz CT molecular complexity index is 155. The van der Waals surface area contributed by atoms with Crippen LogP contribution in [-0.2, 0) is 4.74 Å². The van der Waals surface area contributed by atoms with E-state index < -0.39 is 0 Å². The van der Waals surface area contributed by atoms with Crippen molar-refractivity contribution in [2.75, 3.05) is 39.9 Å². The second kappa shape index (κ2) is 5.69. The van der Waals surface area contributed by atoms with Gasteiger partial charge in [-0.3, -0.25) is 4.90 Å². The van der Waals surface area contributed by atoms with E-state index in [0.29, 0.717) is 5.54 Å². The second-order valence-corrected chi connectivity index (χ2v) is 4.45. The number of methoxy groups -OCH3 is 1. The SMILES string of the molecule is CCN(CCOC)CC1(C)CCCN1. The fourth-order valence-electron chi connectivity index (χ4n) is 2.15. The fraction of sp³-hybridized carbons (Fsp3) is 1.00. The molecule has 1 saturated heterocycles. The van der Waals surface area contributed by atoms with Crippen LogP contribution in [0.5, 0.6) is 0 Å². The van der Waals surface area contributed by atoms with Gasteiger partial charge in [-0.2, -0.15) is 0 Å². The summed E-state index contributed by atoms with van der Waals surface area (Å²) in [4.78, 5) is 2.46. The molecule has 0 aromatic carbocycles. The molecule has 1 heterocycles. The van der Waals surface area contributed by atoms with Crippen LogP contribution in [-0.4, -0.2) is 50.3 Å². The first-order valence-corrected chi connectivity index (χ1v) is 5.66. The number of nitrogens with zero attached hydrogens (tertiary/aromatic N) is 1. The molecule has 1 aliphatic heterocycles. The summed E-state index contributed by atoms with van der Waals surface area (Å²) < 4.78 is 5.11. The Labute approximate surface area is 87.8 Å². The van der Waals surface area contributed by atoms with Gasteiger partial charge in [0.25, 0.3) is 0 Å². The standard InChI is InChI=1S/C11H24N2O/c1-4-13(8-9-14-3)10-11(2)6-5-7-12-11/h12H,4-10H2,1-3H3. The molecule has 0 saturated carbocycles. The average Bonchev–Trinajstić information content (AvgIpc) is 2.60. The van der Waals surface area contributed by atoms with Crippen LogP contribution in [0.1, 0.15) is 26.7 Å². The zero-order valence-electron chi connectivity index (χ0n) is 9.81. The van der Waals surface area contributed by atoms with Crippen molar-refractivity contribution in [3.63, 3.8) is 0 Å². The van der Waals surface area contributed by atoms with Crippen molar-refractivity contribution in [3.05, 3.63) is 0 Å². The summed E-state index contributed by atoms with van der Waals surface area (Å²) in [5.74, 6) is 0. The predicted molar refractivity (Wildman–Crippen MR) is 59.6 cm³/mol. The third-order valence-corrected chi connectivity index (χ3v) is 3.09. The van der Waals surface area contributed by atoms with E-state index in [4.69, 9.17) is 4.74 Å². The zero-order chi connectivity index (χ0) is 10.4. The summed E-state index contributed by atoms with van der Waals surface area (Å²) in [6, 6.07) is 0. The number of hydrogen-bond donors (Lipinski definition) is 1. The van der Waals surface area contributed by atoms with E-state index in [1.807, 2.05) is 0 Å². The smallest absolute Gasteiger partial charge is 0.0589 e. The first-order valence-electron chi connectivity index (χ1n) is 5.66. The van der Waals surface area contributed by atoms with Gasteiger partial charge in [0.2, 0.25) is 0 Å². The minimum absolute atomic E-state index is 0.337. The summed E-state index contributed by atoms with van der Waals surface area (Å²) in [6.45, 7) is 9.86. The summed E-state index contributed by atoms with van der Waals surface area (Å²) in [5, 5.41) is 3.59. The van der Waals surface area contributed by atoms with Crippen LogP contribution in [0.4, 0.5) is 0 Å². The lowest BCUT2D eigenvalue weighted by Gasteiger charge is -2.31. The molecule has 1 fully saturated rings. The number of nitrogens with one attached hydrogen (secondary N) is 1. The number of likely N-dealkylation sites (N-methyl/N-ethyl adjacent to an activating group) is 1. The Balaban J connectivity index is 2.30. The highest BCUT2D eigenvalue weighted by Crippen LogP contribution is 2.19. The van der Waals surface area contributed by atoms with Gasteiger partial charge < -0.3 is 10.1 Å². The van der Waals surface area contributed by atoms with Crippen molar-refractivity contribution in [3.8, 4) is 0 Å². The average molecular weight is 200 g/mol. The Hall–Kier alpha value is -0.120. The normalized spacial score (nSPS) is 27.4. The molecule has 3 nitrogen and oxygen atoms in total. The van der Waals surface area contributed by atoms with Crippen molar-refractivity contribution >= 4 is 0 Å². The van der Waals surface area contributed by atoms with Gasteiger partial charge in [0, 0.05) is 25.7 Å². The maximum Gasteiger partial charge on any atom is 0.0589 e. The van der Waals surface area contributed by atoms with Gasteiger partial charge >= 0.3 is 0 Å². The van der Waals surface area contributed by atoms with Crippen molar-refractivity contribution in [1.29, 1.82) is 0 Å². The molecule has 1 unspecified atom stereocenters. The van der Waals surface area contributed by atoms with Crippen molar-refractivity contribution in [2.45, 2.75) is 32.2 Å². The van der Waals surface area contributed by atoms with E-state index in [-0.39, 0.29) is 0 Å². The van der Waals surface area contributed by atoms with Crippen molar-refractivity contribution in [1.82, 2.24) is 10.2 Å². The minimum Gasteiger partial charge on any atom is -0.383 e. The van der Waals surface area contributed by atoms with Crippen LogP contribution in [0, 0.1) is 0 Å². The Morgan fingerprint density at radius 3 is 2.79 bits per heavy atom. The first kappa shape index (κ1) is 12.0. The van der Waals surface area contributed by atoms with Crippen LogP contribution >= 0.6 is 0 Å². The van der Waals surface area contributed by atoms with Gasteiger partial charge in [-0.1, -0.05) is 6.92 Å². The summed E-state index contributed by atoms with van der Waals surface area (Å²) in [7, 11) is 1.77. The Morgan fingerprint density at radius 2 is 2.29 bits per heavy atom. The van der Waals surface area contributed by atoms with E-state index in [1.165, 1.54) is 19.4 Å². The van der Waals surface area contributed by atoms with Gasteiger partial charge in [0.1, 0.15) is 0 Å². The van der Waals surface area contributed by atoms with Crippen LogP contribution in [0.25, 0.3) is 0 Å². The van der Waals surface area contributed by atoms with E-state index in [1.54, 1.807) is 7.11 Å². The van der Waals surface area contributed by atoms with Gasteiger partial charge in [-0.05, 0) is 32.9 Å². The lowest BCUT2D eigenvalue weighted by atomic mass is 10.00. The maximum absolute atomic E-state index is 5.11. The van der Waals surface area contributed by atoms with Crippen LogP contribution in [0.3, 0.4) is 0 Å². The number of ether oxygens (including phenoxy) is 1. The molecule has 0 aliphatic carbocycles. The molecule has 84 valence electrons. The van der Waals surface area contributed by atoms with E-state index >= 15 is 0 Å². The molecule has 1 aliphatic rings. The lowest BCUT2D eigenvalue weighted by molar-refractivity contribution is 0.132. The largest absolute Gasteiger partial charge is 0.383 e. The van der Waals surface area contributed by atoms with Gasteiger partial charge in [0.15, 0.2) is 0 Å². The van der Waals surface area contributed by atoms with Gasteiger partial charge in [0.05, 0.1) is 6.61 Å². The number of hydrogen-bond acceptors (Lipinski definition) is 3. The highest BCUT2D eigenvalue weighted by Gasteiger charge is 2.29. The molecule has 0 spiro atoms. The molecular weight excluding hydrogens is 176 g/mol. The van der Waals surface area contributed by atoms with Crippen LogP contribution in [0.15, 0.2) is 0 Å². The third-order valence-electron chi connectivity index (χ3n) is 3.09. The quantitative estimate of drug-likeness (QED) is 0.695. The molecule has 14 heavy (non-hydrogen) atoms. The van der Waals surface area contributed by atoms with Crippen LogP contribution in [0.2, 0.25) is 0 Å². The van der Waals surface area contributed by atoms with Crippen LogP contribution < -0.4 is 5.32 Å². The third kappa shape index (κ3) is 3.56. The molecule has 0 bridgehead atoms. The summed E-state index contributed by atoms with van der Waals surface area (Å²) in [5.41, 5.74) is 0.337. The topological polar surface area (TPSA) is 24.5 Å². The minimum atomic E-state index is 0.337. The van der Waals surface area contributed by atoms with Gasteiger partial charge in [-0.25, -0.2) is 0 Å². The molecule has 1 rings (SSSR count). The van der Waals surface area contributed by atoms with E-state index in [0.717, 1.165) is 26.2 Å². The maximum atomic E-state index is 5.11. The first-order chi connectivity index (χ1) is 6.70. The summed E-state index contributed by atoms with van der Waals surface area (Å²) >= 11 is 0. The Morgan fingerprint density at radius 1 is 1.50 bits per heavy atom. The molecule has 0 aromatic rings. The fourth-order valence-corrected chi connectivity index (χ4v) is 2.15. The van der Waals surface area contributed by atoms with E-state index in [9.17, 15) is 0 Å². The molecule has 0 aromatic heterocycles. The van der Waals surface area contributed by atoms with Gasteiger partial charge in [-0.15, -0.1) is 0 Å². The molecule has 0 radical (unpaired) electrons. The summed E-state index contributed by atoms with van der Waals surface area (Å²) in [6.07, 6.45) is 2.62. The second-order valence-electron chi connectivity index (χ2n) is 4.45. The Kier molecular flexibility index (Phi) is 4.85. The van der Waals surface area contributed by atoms with Crippen molar-refractivity contribution in [2.24, 2.45) is 0 Å².